The van der Waals surface area contributed by atoms with Gasteiger partial charge in [0.2, 0.25) is 23.6 Å². The van der Waals surface area contributed by atoms with Crippen LogP contribution in [0, 0.1) is 0 Å². The molecule has 4 heterocycles. The summed E-state index contributed by atoms with van der Waals surface area (Å²) in [5, 5.41) is 8.29. The molecule has 0 aromatic carbocycles. The van der Waals surface area contributed by atoms with E-state index in [0.29, 0.717) is 0 Å². The molecule has 0 unspecified atom stereocenters. The summed E-state index contributed by atoms with van der Waals surface area (Å²) in [5.41, 5.74) is 0. The topological polar surface area (TPSA) is 198 Å². The SMILES string of the molecule is O=C1CN(CN2CC(=O)NC2=O)C(=O)N1.O=C1CN(CN2CC(=O)NC2=O)C(=O)N1. The van der Waals surface area contributed by atoms with Crippen LogP contribution in [0.1, 0.15) is 0 Å². The van der Waals surface area contributed by atoms with E-state index in [-0.39, 0.29) is 39.5 Å². The van der Waals surface area contributed by atoms with Gasteiger partial charge in [0.05, 0.1) is 0 Å². The molecule has 0 radical (unpaired) electrons. The standard InChI is InChI=1S/2C7H8N4O4/c2*12-4-1-10(6(14)8-4)3-11-2-5(13)9-7(11)15/h2*1-3H2,(H,8,12,14)(H,9,13,15). The van der Waals surface area contributed by atoms with Crippen molar-refractivity contribution in [2.75, 3.05) is 39.5 Å². The Hall–Kier alpha value is -4.24. The second-order valence-corrected chi connectivity index (χ2v) is 6.49. The molecule has 0 aromatic rings. The average molecular weight is 424 g/mol. The Labute approximate surface area is 167 Å². The maximum absolute atomic E-state index is 11.1. The zero-order chi connectivity index (χ0) is 22.0. The van der Waals surface area contributed by atoms with E-state index in [9.17, 15) is 38.4 Å². The molecular formula is C14H16N8O8. The Morgan fingerprint density at radius 1 is 0.433 bits per heavy atom. The molecule has 0 atom stereocenters. The number of nitrogens with one attached hydrogen (secondary N) is 4. The van der Waals surface area contributed by atoms with Crippen LogP contribution in [0.15, 0.2) is 0 Å². The molecule has 0 aromatic heterocycles. The summed E-state index contributed by atoms with van der Waals surface area (Å²) in [6, 6.07) is -2.20. The van der Waals surface area contributed by atoms with Crippen molar-refractivity contribution in [1.82, 2.24) is 40.9 Å². The lowest BCUT2D eigenvalue weighted by atomic mass is 10.5. The number of hydrogen-bond acceptors (Lipinski definition) is 8. The highest BCUT2D eigenvalue weighted by Gasteiger charge is 2.34. The lowest BCUT2D eigenvalue weighted by Crippen LogP contribution is -2.41. The van der Waals surface area contributed by atoms with E-state index >= 15 is 0 Å². The van der Waals surface area contributed by atoms with Gasteiger partial charge in [-0.2, -0.15) is 0 Å². The van der Waals surface area contributed by atoms with Crippen molar-refractivity contribution in [3.8, 4) is 0 Å². The van der Waals surface area contributed by atoms with Gasteiger partial charge in [0.1, 0.15) is 39.5 Å². The van der Waals surface area contributed by atoms with Crippen LogP contribution in [0.2, 0.25) is 0 Å². The first-order valence-corrected chi connectivity index (χ1v) is 8.47. The minimum Gasteiger partial charge on any atom is -0.297 e. The largest absolute Gasteiger partial charge is 0.325 e. The third kappa shape index (κ3) is 4.59. The first kappa shape index (κ1) is 20.5. The molecule has 0 spiro atoms. The molecule has 12 amide bonds. The van der Waals surface area contributed by atoms with E-state index in [2.05, 4.69) is 21.3 Å². The Kier molecular flexibility index (Phi) is 5.48. The normalized spacial score (nSPS) is 21.1. The molecule has 4 N–H and O–H groups in total. The lowest BCUT2D eigenvalue weighted by Gasteiger charge is -2.19. The molecule has 30 heavy (non-hydrogen) atoms. The van der Waals surface area contributed by atoms with Crippen LogP contribution in [0.3, 0.4) is 0 Å². The first-order valence-electron chi connectivity index (χ1n) is 8.47. The number of rotatable bonds is 4. The molecular weight excluding hydrogens is 408 g/mol. The molecule has 4 saturated heterocycles. The summed E-state index contributed by atoms with van der Waals surface area (Å²) in [7, 11) is 0. The van der Waals surface area contributed by atoms with E-state index in [1.165, 1.54) is 0 Å². The van der Waals surface area contributed by atoms with E-state index in [1.807, 2.05) is 0 Å². The summed E-state index contributed by atoms with van der Waals surface area (Å²) in [6.07, 6.45) is 0. The van der Waals surface area contributed by atoms with Gasteiger partial charge in [-0.25, -0.2) is 19.2 Å². The van der Waals surface area contributed by atoms with Crippen LogP contribution in [-0.4, -0.2) is 107 Å². The molecule has 160 valence electrons. The van der Waals surface area contributed by atoms with Crippen molar-refractivity contribution in [1.29, 1.82) is 0 Å². The molecule has 4 aliphatic rings. The summed E-state index contributed by atoms with van der Waals surface area (Å²) in [5.74, 6) is -1.64. The number of amides is 12. The van der Waals surface area contributed by atoms with Crippen molar-refractivity contribution in [2.24, 2.45) is 0 Å². The van der Waals surface area contributed by atoms with Gasteiger partial charge in [0.25, 0.3) is 0 Å². The highest BCUT2D eigenvalue weighted by molar-refractivity contribution is 6.04. The Morgan fingerprint density at radius 3 is 0.767 bits per heavy atom. The van der Waals surface area contributed by atoms with Crippen LogP contribution < -0.4 is 21.3 Å². The summed E-state index contributed by atoms with van der Waals surface area (Å²) < 4.78 is 0. The lowest BCUT2D eigenvalue weighted by molar-refractivity contribution is -0.119. The van der Waals surface area contributed by atoms with Gasteiger partial charge < -0.3 is 0 Å². The van der Waals surface area contributed by atoms with Crippen molar-refractivity contribution < 1.29 is 38.4 Å². The number of carbonyl (C=O) groups excluding carboxylic acids is 8. The Morgan fingerprint density at radius 2 is 0.633 bits per heavy atom. The monoisotopic (exact) mass is 424 g/mol. The van der Waals surface area contributed by atoms with E-state index in [4.69, 9.17) is 0 Å². The fraction of sp³-hybridized carbons (Fsp3) is 0.429. The number of hydrogen-bond donors (Lipinski definition) is 4. The number of imide groups is 4. The Balaban J connectivity index is 0.000000171. The first-order chi connectivity index (χ1) is 14.1. The van der Waals surface area contributed by atoms with Gasteiger partial charge in [-0.05, 0) is 0 Å². The van der Waals surface area contributed by atoms with Crippen molar-refractivity contribution >= 4 is 47.8 Å². The molecule has 4 rings (SSSR count). The van der Waals surface area contributed by atoms with Crippen LogP contribution in [-0.2, 0) is 19.2 Å². The average Bonchev–Trinajstić information content (AvgIpc) is 3.32. The minimum atomic E-state index is -0.549. The molecule has 16 nitrogen and oxygen atoms in total. The van der Waals surface area contributed by atoms with Gasteiger partial charge >= 0.3 is 24.1 Å². The third-order valence-electron chi connectivity index (χ3n) is 4.15. The smallest absolute Gasteiger partial charge is 0.297 e. The number of nitrogens with zero attached hydrogens (tertiary/aromatic N) is 4. The number of carbonyl (C=O) groups is 8. The van der Waals surface area contributed by atoms with Gasteiger partial charge in [-0.15, -0.1) is 0 Å². The second kappa shape index (κ2) is 8.02. The maximum Gasteiger partial charge on any atom is 0.325 e. The van der Waals surface area contributed by atoms with Crippen molar-refractivity contribution in [3.63, 3.8) is 0 Å². The molecule has 4 fully saturated rings. The maximum atomic E-state index is 11.1. The van der Waals surface area contributed by atoms with Crippen LogP contribution >= 0.6 is 0 Å². The van der Waals surface area contributed by atoms with Crippen LogP contribution in [0.5, 0.6) is 0 Å². The number of urea groups is 4. The molecule has 0 aliphatic carbocycles. The molecule has 0 saturated carbocycles. The molecule has 0 bridgehead atoms. The summed E-state index contributed by atoms with van der Waals surface area (Å²) in [6.45, 7) is -0.467. The zero-order valence-electron chi connectivity index (χ0n) is 15.3. The van der Waals surface area contributed by atoms with Gasteiger partial charge in [0.15, 0.2) is 0 Å². The van der Waals surface area contributed by atoms with Gasteiger partial charge in [-0.3, -0.25) is 60.0 Å². The van der Waals surface area contributed by atoms with Crippen LogP contribution in [0.25, 0.3) is 0 Å². The highest BCUT2D eigenvalue weighted by Crippen LogP contribution is 2.05. The minimum absolute atomic E-state index is 0.0604. The van der Waals surface area contributed by atoms with Crippen molar-refractivity contribution in [2.45, 2.75) is 0 Å². The van der Waals surface area contributed by atoms with Crippen LogP contribution in [0.4, 0.5) is 19.2 Å². The van der Waals surface area contributed by atoms with E-state index < -0.39 is 47.8 Å². The molecule has 16 heteroatoms. The summed E-state index contributed by atoms with van der Waals surface area (Å²) in [4.78, 5) is 92.4. The predicted molar refractivity (Wildman–Crippen MR) is 90.7 cm³/mol. The van der Waals surface area contributed by atoms with E-state index in [1.54, 1.807) is 0 Å². The zero-order valence-corrected chi connectivity index (χ0v) is 15.3. The van der Waals surface area contributed by atoms with Gasteiger partial charge in [0, 0.05) is 0 Å². The van der Waals surface area contributed by atoms with Crippen molar-refractivity contribution in [3.05, 3.63) is 0 Å². The third-order valence-corrected chi connectivity index (χ3v) is 4.15. The van der Waals surface area contributed by atoms with Gasteiger partial charge in [-0.1, -0.05) is 0 Å². The second-order valence-electron chi connectivity index (χ2n) is 6.49. The fourth-order valence-corrected chi connectivity index (χ4v) is 2.80. The predicted octanol–water partition coefficient (Wildman–Crippen LogP) is -3.90. The Bertz CT molecular complexity index is 734. The highest BCUT2D eigenvalue weighted by atomic mass is 16.2. The quantitative estimate of drug-likeness (QED) is 0.328. The molecule has 4 aliphatic heterocycles. The van der Waals surface area contributed by atoms with E-state index in [0.717, 1.165) is 19.6 Å². The fourth-order valence-electron chi connectivity index (χ4n) is 2.80. The summed E-state index contributed by atoms with van der Waals surface area (Å²) >= 11 is 0.